The van der Waals surface area contributed by atoms with Gasteiger partial charge in [-0.05, 0) is 37.6 Å². The van der Waals surface area contributed by atoms with Crippen LogP contribution in [0.1, 0.15) is 30.3 Å². The Labute approximate surface area is 106 Å². The average Bonchev–Trinajstić information content (AvgIpc) is 3.05. The van der Waals surface area contributed by atoms with Crippen molar-refractivity contribution in [3.8, 4) is 6.07 Å². The molecule has 0 spiro atoms. The van der Waals surface area contributed by atoms with Gasteiger partial charge in [0.25, 0.3) is 0 Å². The molecule has 0 aliphatic heterocycles. The number of oxazole rings is 1. The van der Waals surface area contributed by atoms with Crippen molar-refractivity contribution in [3.63, 3.8) is 0 Å². The van der Waals surface area contributed by atoms with E-state index in [1.807, 2.05) is 32.2 Å². The van der Waals surface area contributed by atoms with Crippen LogP contribution < -0.4 is 5.32 Å². The smallest absolute Gasteiger partial charge is 0.192 e. The molecule has 1 aromatic heterocycles. The second-order valence-corrected chi connectivity index (χ2v) is 4.95. The van der Waals surface area contributed by atoms with E-state index < -0.39 is 0 Å². The number of aryl methyl sites for hydroxylation is 1. The molecule has 1 N–H and O–H groups in total. The minimum absolute atomic E-state index is 0.0731. The third-order valence-electron chi connectivity index (χ3n) is 3.70. The monoisotopic (exact) mass is 241 g/mol. The Morgan fingerprint density at radius 1 is 1.50 bits per heavy atom. The van der Waals surface area contributed by atoms with Gasteiger partial charge in [0, 0.05) is 6.92 Å². The van der Waals surface area contributed by atoms with Crippen molar-refractivity contribution in [2.24, 2.45) is 5.41 Å². The van der Waals surface area contributed by atoms with E-state index in [9.17, 15) is 5.26 Å². The Bertz CT molecular complexity index is 634. The number of nitriles is 1. The van der Waals surface area contributed by atoms with Crippen LogP contribution >= 0.6 is 0 Å². The van der Waals surface area contributed by atoms with Crippen LogP contribution in [0, 0.1) is 23.7 Å². The summed E-state index contributed by atoms with van der Waals surface area (Å²) in [7, 11) is 1.90. The first kappa shape index (κ1) is 11.2. The predicted octanol–water partition coefficient (Wildman–Crippen LogP) is 2.70. The highest BCUT2D eigenvalue weighted by atomic mass is 16.3. The molecule has 1 aliphatic rings. The van der Waals surface area contributed by atoms with E-state index in [1.54, 1.807) is 0 Å². The van der Waals surface area contributed by atoms with Crippen LogP contribution in [0.4, 0.5) is 0 Å². The lowest BCUT2D eigenvalue weighted by atomic mass is 9.91. The van der Waals surface area contributed by atoms with Crippen LogP contribution in [0.3, 0.4) is 0 Å². The Kier molecular flexibility index (Phi) is 2.39. The van der Waals surface area contributed by atoms with E-state index >= 15 is 0 Å². The molecule has 1 aliphatic carbocycles. The minimum atomic E-state index is -0.235. The Balaban J connectivity index is 2.05. The predicted molar refractivity (Wildman–Crippen MR) is 67.8 cm³/mol. The van der Waals surface area contributed by atoms with Crippen LogP contribution in [0.5, 0.6) is 0 Å². The maximum Gasteiger partial charge on any atom is 0.192 e. The molecule has 2 aromatic rings. The van der Waals surface area contributed by atoms with Gasteiger partial charge >= 0.3 is 0 Å². The highest BCUT2D eigenvalue weighted by Gasteiger charge is 2.50. The third-order valence-corrected chi connectivity index (χ3v) is 3.70. The number of rotatable bonds is 3. The largest absolute Gasteiger partial charge is 0.441 e. The van der Waals surface area contributed by atoms with E-state index in [4.69, 9.17) is 4.42 Å². The summed E-state index contributed by atoms with van der Waals surface area (Å²) in [5.74, 6) is 0.671. The molecule has 0 saturated heterocycles. The number of benzene rings is 1. The molecule has 18 heavy (non-hydrogen) atoms. The van der Waals surface area contributed by atoms with Crippen molar-refractivity contribution >= 4 is 11.1 Å². The number of nitrogens with one attached hydrogen (secondary N) is 1. The van der Waals surface area contributed by atoms with Gasteiger partial charge in [-0.1, -0.05) is 6.07 Å². The summed E-state index contributed by atoms with van der Waals surface area (Å²) < 4.78 is 5.47. The molecule has 4 heteroatoms. The van der Waals surface area contributed by atoms with Gasteiger partial charge in [0.2, 0.25) is 0 Å². The van der Waals surface area contributed by atoms with E-state index in [1.165, 1.54) is 0 Å². The molecule has 1 heterocycles. The summed E-state index contributed by atoms with van der Waals surface area (Å²) in [4.78, 5) is 4.34. The van der Waals surface area contributed by atoms with Crippen molar-refractivity contribution < 1.29 is 4.42 Å². The zero-order chi connectivity index (χ0) is 12.8. The van der Waals surface area contributed by atoms with Gasteiger partial charge in [-0.2, -0.15) is 5.26 Å². The molecular formula is C14H15N3O. The topological polar surface area (TPSA) is 61.9 Å². The molecular weight excluding hydrogens is 226 g/mol. The highest BCUT2D eigenvalue weighted by Crippen LogP contribution is 2.54. The van der Waals surface area contributed by atoms with Crippen LogP contribution in [0.2, 0.25) is 0 Å². The maximum absolute atomic E-state index is 9.31. The van der Waals surface area contributed by atoms with Crippen LogP contribution in [-0.2, 0) is 0 Å². The molecule has 1 saturated carbocycles. The first-order chi connectivity index (χ1) is 8.68. The molecule has 1 atom stereocenters. The number of fused-ring (bicyclic) bond motifs is 1. The Hall–Kier alpha value is -1.86. The van der Waals surface area contributed by atoms with Crippen molar-refractivity contribution in [3.05, 3.63) is 29.7 Å². The van der Waals surface area contributed by atoms with E-state index in [0.717, 1.165) is 29.5 Å². The fraction of sp³-hybridized carbons (Fsp3) is 0.429. The molecule has 92 valence electrons. The summed E-state index contributed by atoms with van der Waals surface area (Å²) >= 11 is 0. The van der Waals surface area contributed by atoms with Gasteiger partial charge in [-0.25, -0.2) is 4.98 Å². The normalized spacial score (nSPS) is 18.5. The average molecular weight is 241 g/mol. The first-order valence-corrected chi connectivity index (χ1v) is 6.14. The molecule has 0 bridgehead atoms. The van der Waals surface area contributed by atoms with Gasteiger partial charge in [-0.3, -0.25) is 0 Å². The molecule has 3 rings (SSSR count). The standard InChI is InChI=1S/C14H15N3O/c1-9-17-11-7-10(3-4-12(11)18-9)13(16-2)14(8-15)5-6-14/h3-4,7,13,16H,5-6H2,1-2H3. The first-order valence-electron chi connectivity index (χ1n) is 6.14. The quantitative estimate of drug-likeness (QED) is 0.897. The van der Waals surface area contributed by atoms with Crippen molar-refractivity contribution in [1.82, 2.24) is 10.3 Å². The number of hydrogen-bond acceptors (Lipinski definition) is 4. The van der Waals surface area contributed by atoms with Gasteiger partial charge in [0.15, 0.2) is 11.5 Å². The summed E-state index contributed by atoms with van der Waals surface area (Å²) in [6.07, 6.45) is 1.93. The van der Waals surface area contributed by atoms with E-state index in [0.29, 0.717) is 5.89 Å². The van der Waals surface area contributed by atoms with Crippen LogP contribution in [0.15, 0.2) is 22.6 Å². The van der Waals surface area contributed by atoms with Gasteiger partial charge in [-0.15, -0.1) is 0 Å². The summed E-state index contributed by atoms with van der Waals surface area (Å²) in [5, 5.41) is 12.6. The van der Waals surface area contributed by atoms with E-state index in [2.05, 4.69) is 16.4 Å². The number of aromatic nitrogens is 1. The second kappa shape index (κ2) is 3.82. The minimum Gasteiger partial charge on any atom is -0.441 e. The Morgan fingerprint density at radius 3 is 2.89 bits per heavy atom. The molecule has 4 nitrogen and oxygen atoms in total. The fourth-order valence-corrected chi connectivity index (χ4v) is 2.60. The molecule has 1 aromatic carbocycles. The van der Waals surface area contributed by atoms with Crippen molar-refractivity contribution in [2.45, 2.75) is 25.8 Å². The zero-order valence-electron chi connectivity index (χ0n) is 10.5. The summed E-state index contributed by atoms with van der Waals surface area (Å²) in [5.41, 5.74) is 2.53. The number of nitrogens with zero attached hydrogens (tertiary/aromatic N) is 2. The summed E-state index contributed by atoms with van der Waals surface area (Å²) in [6, 6.07) is 8.49. The van der Waals surface area contributed by atoms with Crippen LogP contribution in [0.25, 0.3) is 11.1 Å². The lowest BCUT2D eigenvalue weighted by molar-refractivity contribution is 0.444. The van der Waals surface area contributed by atoms with Crippen molar-refractivity contribution in [1.29, 1.82) is 5.26 Å². The summed E-state index contributed by atoms with van der Waals surface area (Å²) in [6.45, 7) is 1.84. The van der Waals surface area contributed by atoms with Gasteiger partial charge < -0.3 is 9.73 Å². The van der Waals surface area contributed by atoms with E-state index in [-0.39, 0.29) is 11.5 Å². The molecule has 1 unspecified atom stereocenters. The lowest BCUT2D eigenvalue weighted by Crippen LogP contribution is -2.25. The molecule has 0 amide bonds. The third kappa shape index (κ3) is 1.59. The lowest BCUT2D eigenvalue weighted by Gasteiger charge is -2.21. The van der Waals surface area contributed by atoms with Gasteiger partial charge in [0.05, 0.1) is 17.5 Å². The molecule has 0 radical (unpaired) electrons. The number of hydrogen-bond donors (Lipinski definition) is 1. The van der Waals surface area contributed by atoms with Crippen molar-refractivity contribution in [2.75, 3.05) is 7.05 Å². The Morgan fingerprint density at radius 2 is 2.28 bits per heavy atom. The second-order valence-electron chi connectivity index (χ2n) is 4.95. The highest BCUT2D eigenvalue weighted by molar-refractivity contribution is 5.73. The SMILES string of the molecule is CNC(c1ccc2oc(C)nc2c1)C1(C#N)CC1. The van der Waals surface area contributed by atoms with Gasteiger partial charge in [0.1, 0.15) is 5.52 Å². The zero-order valence-corrected chi connectivity index (χ0v) is 10.5. The van der Waals surface area contributed by atoms with Crippen LogP contribution in [-0.4, -0.2) is 12.0 Å². The maximum atomic E-state index is 9.31. The molecule has 1 fully saturated rings. The fourth-order valence-electron chi connectivity index (χ4n) is 2.60.